The third-order valence-electron chi connectivity index (χ3n) is 5.69. The number of unbranched alkanes of at least 4 members (excludes halogenated alkanes) is 3. The third-order valence-corrected chi connectivity index (χ3v) is 5.69. The first kappa shape index (κ1) is 25.0. The normalized spacial score (nSPS) is 10.6. The van der Waals surface area contributed by atoms with E-state index in [1.54, 1.807) is 18.5 Å². The summed E-state index contributed by atoms with van der Waals surface area (Å²) in [5.74, 6) is -0.409. The molecule has 0 unspecified atom stereocenters. The molecule has 0 spiro atoms. The Morgan fingerprint density at radius 2 is 1.71 bits per heavy atom. The van der Waals surface area contributed by atoms with E-state index in [9.17, 15) is 9.59 Å². The van der Waals surface area contributed by atoms with Gasteiger partial charge in [0.05, 0.1) is 5.56 Å². The fraction of sp³-hybridized carbons (Fsp3) is 0.321. The summed E-state index contributed by atoms with van der Waals surface area (Å²) >= 11 is 0. The average molecular weight is 459 g/mol. The van der Waals surface area contributed by atoms with Gasteiger partial charge in [0.15, 0.2) is 0 Å². The maximum absolute atomic E-state index is 12.9. The lowest BCUT2D eigenvalue weighted by molar-refractivity contribution is 0.0950. The third kappa shape index (κ3) is 7.17. The Balaban J connectivity index is 1.67. The van der Waals surface area contributed by atoms with Gasteiger partial charge in [0, 0.05) is 50.0 Å². The first-order valence-corrected chi connectivity index (χ1v) is 11.9. The molecule has 1 aromatic heterocycles. The molecule has 2 aromatic carbocycles. The summed E-state index contributed by atoms with van der Waals surface area (Å²) in [7, 11) is 3.77. The topological polar surface area (TPSA) is 74.3 Å². The Labute approximate surface area is 202 Å². The molecule has 0 radical (unpaired) electrons. The highest BCUT2D eigenvalue weighted by atomic mass is 16.2. The van der Waals surface area contributed by atoms with Crippen LogP contribution in [0.25, 0.3) is 0 Å². The van der Waals surface area contributed by atoms with Crippen LogP contribution in [-0.2, 0) is 13.0 Å². The molecule has 2 amide bonds. The van der Waals surface area contributed by atoms with E-state index in [-0.39, 0.29) is 11.8 Å². The Kier molecular flexibility index (Phi) is 9.21. The highest BCUT2D eigenvalue weighted by molar-refractivity contribution is 6.06. The number of nitrogens with one attached hydrogen (secondary N) is 2. The quantitative estimate of drug-likeness (QED) is 0.375. The number of anilines is 2. The molecule has 0 aliphatic heterocycles. The van der Waals surface area contributed by atoms with Crippen molar-refractivity contribution in [3.8, 4) is 0 Å². The fourth-order valence-corrected chi connectivity index (χ4v) is 3.75. The van der Waals surface area contributed by atoms with E-state index in [4.69, 9.17) is 0 Å². The predicted octanol–water partition coefficient (Wildman–Crippen LogP) is 5.45. The van der Waals surface area contributed by atoms with Crippen LogP contribution in [0.15, 0.2) is 67.0 Å². The minimum atomic E-state index is -0.212. The Morgan fingerprint density at radius 1 is 0.912 bits per heavy atom. The van der Waals surface area contributed by atoms with Crippen molar-refractivity contribution >= 4 is 23.2 Å². The summed E-state index contributed by atoms with van der Waals surface area (Å²) in [6.45, 7) is 2.58. The van der Waals surface area contributed by atoms with E-state index in [2.05, 4.69) is 22.5 Å². The largest absolute Gasteiger partial charge is 0.377 e. The number of amides is 2. The second kappa shape index (κ2) is 12.5. The molecule has 0 atom stereocenters. The molecule has 3 aromatic rings. The maximum Gasteiger partial charge on any atom is 0.255 e. The molecule has 0 saturated carbocycles. The Morgan fingerprint density at radius 3 is 2.38 bits per heavy atom. The zero-order chi connectivity index (χ0) is 24.3. The number of hydrogen-bond acceptors (Lipinski definition) is 4. The highest BCUT2D eigenvalue weighted by Gasteiger charge is 2.15. The zero-order valence-electron chi connectivity index (χ0n) is 20.3. The van der Waals surface area contributed by atoms with Crippen molar-refractivity contribution in [2.75, 3.05) is 24.3 Å². The van der Waals surface area contributed by atoms with Crippen molar-refractivity contribution in [2.45, 2.75) is 45.6 Å². The summed E-state index contributed by atoms with van der Waals surface area (Å²) in [6.07, 6.45) is 9.34. The van der Waals surface area contributed by atoms with Crippen LogP contribution in [0.1, 0.15) is 64.4 Å². The van der Waals surface area contributed by atoms with E-state index in [1.807, 2.05) is 67.5 Å². The predicted molar refractivity (Wildman–Crippen MR) is 138 cm³/mol. The van der Waals surface area contributed by atoms with Gasteiger partial charge in [0.25, 0.3) is 11.8 Å². The van der Waals surface area contributed by atoms with Crippen molar-refractivity contribution in [2.24, 2.45) is 0 Å². The van der Waals surface area contributed by atoms with Gasteiger partial charge in [-0.15, -0.1) is 0 Å². The van der Waals surface area contributed by atoms with E-state index in [0.717, 1.165) is 17.7 Å². The van der Waals surface area contributed by atoms with Gasteiger partial charge >= 0.3 is 0 Å². The van der Waals surface area contributed by atoms with Crippen molar-refractivity contribution in [3.63, 3.8) is 0 Å². The van der Waals surface area contributed by atoms with Crippen molar-refractivity contribution in [1.82, 2.24) is 10.3 Å². The van der Waals surface area contributed by atoms with Crippen molar-refractivity contribution < 1.29 is 9.59 Å². The minimum absolute atomic E-state index is 0.197. The van der Waals surface area contributed by atoms with Crippen LogP contribution in [0.5, 0.6) is 0 Å². The van der Waals surface area contributed by atoms with Gasteiger partial charge < -0.3 is 15.5 Å². The molecule has 3 rings (SSSR count). The number of aryl methyl sites for hydroxylation is 1. The van der Waals surface area contributed by atoms with E-state index >= 15 is 0 Å². The second-order valence-corrected chi connectivity index (χ2v) is 8.63. The number of carbonyl (C=O) groups excluding carboxylic acids is 2. The molecule has 6 nitrogen and oxygen atoms in total. The number of hydrogen-bond donors (Lipinski definition) is 2. The molecule has 2 N–H and O–H groups in total. The molecule has 0 fully saturated rings. The van der Waals surface area contributed by atoms with Crippen LogP contribution in [0.4, 0.5) is 11.4 Å². The lowest BCUT2D eigenvalue weighted by Gasteiger charge is -2.18. The zero-order valence-corrected chi connectivity index (χ0v) is 20.3. The first-order valence-electron chi connectivity index (χ1n) is 11.9. The van der Waals surface area contributed by atoms with Crippen LogP contribution in [-0.4, -0.2) is 30.9 Å². The summed E-state index contributed by atoms with van der Waals surface area (Å²) in [4.78, 5) is 31.7. The van der Waals surface area contributed by atoms with E-state index < -0.39 is 0 Å². The smallest absolute Gasteiger partial charge is 0.255 e. The number of benzene rings is 2. The molecule has 6 heteroatoms. The molecule has 34 heavy (non-hydrogen) atoms. The van der Waals surface area contributed by atoms with Crippen molar-refractivity contribution in [3.05, 3.63) is 89.2 Å². The van der Waals surface area contributed by atoms with Crippen LogP contribution in [0.2, 0.25) is 0 Å². The van der Waals surface area contributed by atoms with Crippen LogP contribution >= 0.6 is 0 Å². The fourth-order valence-electron chi connectivity index (χ4n) is 3.75. The van der Waals surface area contributed by atoms with Crippen LogP contribution in [0.3, 0.4) is 0 Å². The van der Waals surface area contributed by atoms with Gasteiger partial charge in [-0.05, 0) is 60.4 Å². The SMILES string of the molecule is CCCCCCc1ccc(C(=O)Nc2ccc(N(C)C)c(C(=O)NCc3cccnc3)c2)cc1. The summed E-state index contributed by atoms with van der Waals surface area (Å²) < 4.78 is 0. The maximum atomic E-state index is 12.9. The van der Waals surface area contributed by atoms with E-state index in [0.29, 0.717) is 23.4 Å². The van der Waals surface area contributed by atoms with Gasteiger partial charge in [-0.2, -0.15) is 0 Å². The van der Waals surface area contributed by atoms with Crippen LogP contribution in [0, 0.1) is 0 Å². The Bertz CT molecular complexity index is 1080. The molecular formula is C28H34N4O2. The molecule has 0 aliphatic rings. The number of aromatic nitrogens is 1. The van der Waals surface area contributed by atoms with Gasteiger partial charge in [0.2, 0.25) is 0 Å². The number of nitrogens with zero attached hydrogens (tertiary/aromatic N) is 2. The lowest BCUT2D eigenvalue weighted by Crippen LogP contribution is -2.25. The highest BCUT2D eigenvalue weighted by Crippen LogP contribution is 2.24. The average Bonchev–Trinajstić information content (AvgIpc) is 2.86. The summed E-state index contributed by atoms with van der Waals surface area (Å²) in [5.41, 5.74) is 4.60. The molecule has 0 aliphatic carbocycles. The minimum Gasteiger partial charge on any atom is -0.377 e. The summed E-state index contributed by atoms with van der Waals surface area (Å²) in [6, 6.07) is 16.9. The second-order valence-electron chi connectivity index (χ2n) is 8.63. The van der Waals surface area contributed by atoms with Crippen molar-refractivity contribution in [1.29, 1.82) is 0 Å². The lowest BCUT2D eigenvalue weighted by atomic mass is 10.0. The van der Waals surface area contributed by atoms with Gasteiger partial charge in [-0.3, -0.25) is 14.6 Å². The molecule has 0 bridgehead atoms. The summed E-state index contributed by atoms with van der Waals surface area (Å²) in [5, 5.41) is 5.86. The first-order chi connectivity index (χ1) is 16.5. The number of rotatable bonds is 11. The number of carbonyl (C=O) groups is 2. The van der Waals surface area contributed by atoms with Gasteiger partial charge in [-0.1, -0.05) is 44.4 Å². The standard InChI is InChI=1S/C28H34N4O2/c1-4-5-6-7-9-21-11-13-23(14-12-21)27(33)31-24-15-16-26(32(2)3)25(18-24)28(34)30-20-22-10-8-17-29-19-22/h8,10-19H,4-7,9,20H2,1-3H3,(H,30,34)(H,31,33). The number of pyridine rings is 1. The molecule has 0 saturated heterocycles. The monoisotopic (exact) mass is 458 g/mol. The molecule has 1 heterocycles. The van der Waals surface area contributed by atoms with E-state index in [1.165, 1.54) is 31.2 Å². The Hall–Kier alpha value is -3.67. The van der Waals surface area contributed by atoms with Gasteiger partial charge in [0.1, 0.15) is 0 Å². The molecule has 178 valence electrons. The van der Waals surface area contributed by atoms with Gasteiger partial charge in [-0.25, -0.2) is 0 Å². The van der Waals surface area contributed by atoms with Crippen LogP contribution < -0.4 is 15.5 Å². The molecular weight excluding hydrogens is 424 g/mol.